The second-order valence-corrected chi connectivity index (χ2v) is 3.39. The highest BCUT2D eigenvalue weighted by atomic mass is 19.1. The molecular weight excluding hydrogens is 193 g/mol. The van der Waals surface area contributed by atoms with Crippen molar-refractivity contribution < 1.29 is 4.39 Å². The van der Waals surface area contributed by atoms with Crippen molar-refractivity contribution in [2.24, 2.45) is 0 Å². The van der Waals surface area contributed by atoms with Crippen molar-refractivity contribution in [3.63, 3.8) is 0 Å². The van der Waals surface area contributed by atoms with Gasteiger partial charge in [0, 0.05) is 5.69 Å². The monoisotopic (exact) mass is 205 g/mol. The molecule has 2 rings (SSSR count). The van der Waals surface area contributed by atoms with E-state index in [1.165, 1.54) is 6.07 Å². The Kier molecular flexibility index (Phi) is 2.67. The fourth-order valence-electron chi connectivity index (χ4n) is 1.47. The van der Waals surface area contributed by atoms with Crippen LogP contribution in [-0.2, 0) is 12.8 Å². The molecule has 2 aromatic rings. The van der Waals surface area contributed by atoms with Gasteiger partial charge in [-0.05, 0) is 24.5 Å². The molecule has 4 heteroatoms. The lowest BCUT2D eigenvalue weighted by atomic mass is 10.1. The first-order valence-electron chi connectivity index (χ1n) is 4.78. The van der Waals surface area contributed by atoms with Gasteiger partial charge in [-0.3, -0.25) is 0 Å². The minimum atomic E-state index is -0.162. The molecule has 0 radical (unpaired) electrons. The summed E-state index contributed by atoms with van der Waals surface area (Å²) in [5, 5.41) is 0. The first kappa shape index (κ1) is 9.71. The number of imidazole rings is 1. The number of aromatic nitrogens is 2. The summed E-state index contributed by atoms with van der Waals surface area (Å²) in [4.78, 5) is 6.79. The summed E-state index contributed by atoms with van der Waals surface area (Å²) in [6, 6.07) is 6.78. The Hall–Kier alpha value is -1.84. The maximum absolute atomic E-state index is 13.2. The van der Waals surface area contributed by atoms with Crippen LogP contribution in [0.15, 0.2) is 30.5 Å². The molecule has 1 aromatic carbocycles. The van der Waals surface area contributed by atoms with Crippen LogP contribution in [-0.4, -0.2) is 9.97 Å². The fourth-order valence-corrected chi connectivity index (χ4v) is 1.47. The van der Waals surface area contributed by atoms with Crippen LogP contribution >= 0.6 is 0 Å². The average molecular weight is 205 g/mol. The maximum Gasteiger partial charge on any atom is 0.197 e. The van der Waals surface area contributed by atoms with E-state index in [1.807, 2.05) is 6.07 Å². The van der Waals surface area contributed by atoms with E-state index in [2.05, 4.69) is 9.97 Å². The van der Waals surface area contributed by atoms with Crippen molar-refractivity contribution in [2.45, 2.75) is 12.8 Å². The van der Waals surface area contributed by atoms with Crippen molar-refractivity contribution in [1.29, 1.82) is 0 Å². The average Bonchev–Trinajstić information content (AvgIpc) is 2.63. The van der Waals surface area contributed by atoms with Crippen molar-refractivity contribution in [1.82, 2.24) is 9.97 Å². The Morgan fingerprint density at radius 1 is 1.27 bits per heavy atom. The van der Waals surface area contributed by atoms with Gasteiger partial charge in [-0.2, -0.15) is 0 Å². The van der Waals surface area contributed by atoms with Gasteiger partial charge in [-0.25, -0.2) is 9.37 Å². The van der Waals surface area contributed by atoms with Gasteiger partial charge < -0.3 is 10.7 Å². The van der Waals surface area contributed by atoms with Gasteiger partial charge >= 0.3 is 0 Å². The number of rotatable bonds is 3. The Labute approximate surface area is 87.2 Å². The maximum atomic E-state index is 13.2. The van der Waals surface area contributed by atoms with E-state index in [1.54, 1.807) is 18.3 Å². The lowest BCUT2D eigenvalue weighted by Crippen LogP contribution is -1.95. The number of benzene rings is 1. The van der Waals surface area contributed by atoms with Crippen LogP contribution in [0.2, 0.25) is 0 Å². The molecule has 0 atom stereocenters. The zero-order chi connectivity index (χ0) is 10.7. The number of nitrogens with one attached hydrogen (secondary N) is 1. The Balaban J connectivity index is 2.02. The molecule has 0 spiro atoms. The van der Waals surface area contributed by atoms with Gasteiger partial charge in [0.25, 0.3) is 0 Å². The third-order valence-electron chi connectivity index (χ3n) is 2.27. The predicted molar refractivity (Wildman–Crippen MR) is 56.8 cm³/mol. The molecule has 0 amide bonds. The highest BCUT2D eigenvalue weighted by molar-refractivity contribution is 5.21. The van der Waals surface area contributed by atoms with Crippen LogP contribution in [0.4, 0.5) is 10.3 Å². The summed E-state index contributed by atoms with van der Waals surface area (Å²) >= 11 is 0. The molecule has 0 bridgehead atoms. The lowest BCUT2D eigenvalue weighted by Gasteiger charge is -2.00. The van der Waals surface area contributed by atoms with Crippen molar-refractivity contribution >= 4 is 5.95 Å². The topological polar surface area (TPSA) is 54.7 Å². The highest BCUT2D eigenvalue weighted by Gasteiger charge is 2.02. The number of nitrogen functional groups attached to an aromatic ring is 1. The first-order valence-corrected chi connectivity index (χ1v) is 4.78. The molecule has 1 aromatic heterocycles. The molecule has 0 saturated heterocycles. The molecule has 0 aliphatic carbocycles. The zero-order valence-electron chi connectivity index (χ0n) is 8.20. The number of nitrogens with two attached hydrogens (primary N) is 1. The Morgan fingerprint density at radius 2 is 2.07 bits per heavy atom. The van der Waals surface area contributed by atoms with E-state index in [-0.39, 0.29) is 5.82 Å². The third kappa shape index (κ3) is 2.34. The molecular formula is C11H12FN3. The van der Waals surface area contributed by atoms with E-state index >= 15 is 0 Å². The summed E-state index contributed by atoms with van der Waals surface area (Å²) in [7, 11) is 0. The van der Waals surface area contributed by atoms with Crippen molar-refractivity contribution in [3.05, 3.63) is 47.5 Å². The number of hydrogen-bond donors (Lipinski definition) is 2. The molecule has 0 aliphatic rings. The van der Waals surface area contributed by atoms with Crippen LogP contribution in [0.1, 0.15) is 11.3 Å². The number of halogens is 1. The lowest BCUT2D eigenvalue weighted by molar-refractivity contribution is 0.608. The van der Waals surface area contributed by atoms with Gasteiger partial charge in [-0.15, -0.1) is 0 Å². The molecule has 78 valence electrons. The summed E-state index contributed by atoms with van der Waals surface area (Å²) < 4.78 is 13.2. The Bertz CT molecular complexity index is 451. The molecule has 0 saturated carbocycles. The summed E-state index contributed by atoms with van der Waals surface area (Å²) in [5.74, 6) is 0.239. The molecule has 0 fully saturated rings. The van der Waals surface area contributed by atoms with Gasteiger partial charge in [0.2, 0.25) is 0 Å². The second kappa shape index (κ2) is 4.13. The summed E-state index contributed by atoms with van der Waals surface area (Å²) in [5.41, 5.74) is 7.08. The normalized spacial score (nSPS) is 10.5. The number of nitrogens with zero attached hydrogens (tertiary/aromatic N) is 1. The third-order valence-corrected chi connectivity index (χ3v) is 2.27. The molecule has 0 aliphatic heterocycles. The van der Waals surface area contributed by atoms with E-state index in [0.717, 1.165) is 5.69 Å². The molecule has 1 heterocycles. The SMILES string of the molecule is Nc1ncc(CCc2ccccc2F)[nH]1. The fraction of sp³-hybridized carbons (Fsp3) is 0.182. The van der Waals surface area contributed by atoms with E-state index in [0.29, 0.717) is 24.4 Å². The van der Waals surface area contributed by atoms with Crippen molar-refractivity contribution in [3.8, 4) is 0 Å². The molecule has 0 unspecified atom stereocenters. The Morgan fingerprint density at radius 3 is 2.73 bits per heavy atom. The van der Waals surface area contributed by atoms with Crippen LogP contribution in [0.5, 0.6) is 0 Å². The molecule has 3 nitrogen and oxygen atoms in total. The minimum Gasteiger partial charge on any atom is -0.369 e. The first-order chi connectivity index (χ1) is 7.25. The standard InChI is InChI=1S/C11H12FN3/c12-10-4-2-1-3-8(10)5-6-9-7-14-11(13)15-9/h1-4,7H,5-6H2,(H3,13,14,15). The number of aryl methyl sites for hydroxylation is 2. The number of aromatic amines is 1. The van der Waals surface area contributed by atoms with E-state index in [4.69, 9.17) is 5.73 Å². The molecule has 15 heavy (non-hydrogen) atoms. The smallest absolute Gasteiger partial charge is 0.197 e. The number of hydrogen-bond acceptors (Lipinski definition) is 2. The number of anilines is 1. The van der Waals surface area contributed by atoms with Gasteiger partial charge in [-0.1, -0.05) is 18.2 Å². The predicted octanol–water partition coefficient (Wildman–Crippen LogP) is 1.92. The van der Waals surface area contributed by atoms with Gasteiger partial charge in [0.1, 0.15) is 5.82 Å². The van der Waals surface area contributed by atoms with Gasteiger partial charge in [0.15, 0.2) is 5.95 Å². The zero-order valence-corrected chi connectivity index (χ0v) is 8.20. The van der Waals surface area contributed by atoms with E-state index < -0.39 is 0 Å². The summed E-state index contributed by atoms with van der Waals surface area (Å²) in [6.45, 7) is 0. The van der Waals surface area contributed by atoms with E-state index in [9.17, 15) is 4.39 Å². The quantitative estimate of drug-likeness (QED) is 0.804. The van der Waals surface area contributed by atoms with Crippen LogP contribution in [0, 0.1) is 5.82 Å². The van der Waals surface area contributed by atoms with Crippen LogP contribution in [0.25, 0.3) is 0 Å². The number of H-pyrrole nitrogens is 1. The summed E-state index contributed by atoms with van der Waals surface area (Å²) in [6.07, 6.45) is 3.04. The van der Waals surface area contributed by atoms with Gasteiger partial charge in [0.05, 0.1) is 6.20 Å². The highest BCUT2D eigenvalue weighted by Crippen LogP contribution is 2.10. The minimum absolute atomic E-state index is 0.162. The van der Waals surface area contributed by atoms with Crippen LogP contribution in [0.3, 0.4) is 0 Å². The van der Waals surface area contributed by atoms with Crippen molar-refractivity contribution in [2.75, 3.05) is 5.73 Å². The van der Waals surface area contributed by atoms with Crippen LogP contribution < -0.4 is 5.73 Å². The largest absolute Gasteiger partial charge is 0.369 e. The molecule has 3 N–H and O–H groups in total. The second-order valence-electron chi connectivity index (χ2n) is 3.39.